The summed E-state index contributed by atoms with van der Waals surface area (Å²) in [6.45, 7) is 0.713. The Hall–Kier alpha value is -3.88. The third-order valence-corrected chi connectivity index (χ3v) is 4.64. The molecule has 9 nitrogen and oxygen atoms in total. The van der Waals surface area contributed by atoms with Crippen molar-refractivity contribution in [2.75, 3.05) is 28.4 Å². The van der Waals surface area contributed by atoms with Crippen molar-refractivity contribution in [3.8, 4) is 0 Å². The van der Waals surface area contributed by atoms with E-state index in [1.807, 2.05) is 0 Å². The van der Waals surface area contributed by atoms with Crippen molar-refractivity contribution in [2.24, 2.45) is 0 Å². The van der Waals surface area contributed by atoms with E-state index >= 15 is 0 Å². The summed E-state index contributed by atoms with van der Waals surface area (Å²) < 4.78 is 4.96. The van der Waals surface area contributed by atoms with Gasteiger partial charge in [-0.15, -0.1) is 0 Å². The Morgan fingerprint density at radius 2 is 1.76 bits per heavy atom. The van der Waals surface area contributed by atoms with Gasteiger partial charge in [0.05, 0.1) is 23.6 Å². The van der Waals surface area contributed by atoms with Crippen LogP contribution in [0.15, 0.2) is 48.5 Å². The number of carbonyl (C=O) groups is 4. The monoisotopic (exact) mass is 394 g/mol. The molecule has 2 saturated heterocycles. The Bertz CT molecular complexity index is 989. The van der Waals surface area contributed by atoms with E-state index in [1.165, 1.54) is 9.91 Å². The quantitative estimate of drug-likeness (QED) is 0.825. The van der Waals surface area contributed by atoms with E-state index in [9.17, 15) is 19.2 Å². The van der Waals surface area contributed by atoms with Gasteiger partial charge in [-0.05, 0) is 36.4 Å². The minimum absolute atomic E-state index is 0.143. The summed E-state index contributed by atoms with van der Waals surface area (Å²) in [4.78, 5) is 49.5. The fraction of sp³-hybridized carbons (Fsp3) is 0.200. The number of benzene rings is 2. The number of amides is 4. The average Bonchev–Trinajstić information content (AvgIpc) is 3.16. The molecule has 4 rings (SSSR count). The molecule has 0 saturated carbocycles. The van der Waals surface area contributed by atoms with Gasteiger partial charge in [0, 0.05) is 18.4 Å². The van der Waals surface area contributed by atoms with E-state index in [0.29, 0.717) is 35.8 Å². The van der Waals surface area contributed by atoms with E-state index in [4.69, 9.17) is 4.74 Å². The molecule has 2 aliphatic heterocycles. The zero-order chi connectivity index (χ0) is 20.4. The van der Waals surface area contributed by atoms with E-state index in [2.05, 4.69) is 10.7 Å². The Morgan fingerprint density at radius 1 is 1.00 bits per heavy atom. The van der Waals surface area contributed by atoms with Gasteiger partial charge in [0.1, 0.15) is 6.61 Å². The fourth-order valence-electron chi connectivity index (χ4n) is 3.17. The molecule has 2 aromatic rings. The van der Waals surface area contributed by atoms with Crippen LogP contribution in [0.2, 0.25) is 0 Å². The Balaban J connectivity index is 1.50. The van der Waals surface area contributed by atoms with Crippen LogP contribution >= 0.6 is 0 Å². The van der Waals surface area contributed by atoms with Gasteiger partial charge in [-0.25, -0.2) is 9.80 Å². The van der Waals surface area contributed by atoms with Crippen molar-refractivity contribution < 1.29 is 23.9 Å². The van der Waals surface area contributed by atoms with E-state index in [-0.39, 0.29) is 30.6 Å². The topological polar surface area (TPSA) is 108 Å². The molecule has 9 heteroatoms. The van der Waals surface area contributed by atoms with Crippen LogP contribution in [-0.2, 0) is 14.3 Å². The number of anilines is 3. The highest BCUT2D eigenvalue weighted by Crippen LogP contribution is 2.28. The van der Waals surface area contributed by atoms with E-state index in [1.54, 1.807) is 48.5 Å². The maximum Gasteiger partial charge on any atom is 0.414 e. The molecule has 0 unspecified atom stereocenters. The van der Waals surface area contributed by atoms with Gasteiger partial charge in [0.25, 0.3) is 5.91 Å². The number of para-hydroxylation sites is 2. The first-order valence-corrected chi connectivity index (χ1v) is 9.10. The lowest BCUT2D eigenvalue weighted by atomic mass is 10.1. The van der Waals surface area contributed by atoms with Crippen molar-refractivity contribution in [3.05, 3.63) is 54.1 Å². The van der Waals surface area contributed by atoms with Gasteiger partial charge in [-0.3, -0.25) is 24.7 Å². The SMILES string of the molecule is O=C1CCC(=O)N(c2ccc(C(=O)Nc3ccccc3N3CCOC3=O)cc2)N1. The van der Waals surface area contributed by atoms with Gasteiger partial charge >= 0.3 is 6.09 Å². The van der Waals surface area contributed by atoms with Crippen molar-refractivity contribution in [3.63, 3.8) is 0 Å². The molecule has 2 fully saturated rings. The van der Waals surface area contributed by atoms with Crippen LogP contribution in [0.4, 0.5) is 21.9 Å². The zero-order valence-electron chi connectivity index (χ0n) is 15.4. The van der Waals surface area contributed by atoms with E-state index < -0.39 is 6.09 Å². The molecule has 0 radical (unpaired) electrons. The van der Waals surface area contributed by atoms with Crippen LogP contribution in [0.5, 0.6) is 0 Å². The lowest BCUT2D eigenvalue weighted by molar-refractivity contribution is -0.130. The highest BCUT2D eigenvalue weighted by Gasteiger charge is 2.27. The molecule has 2 aliphatic rings. The number of ether oxygens (including phenoxy) is 1. The average molecular weight is 394 g/mol. The number of nitrogens with zero attached hydrogens (tertiary/aromatic N) is 2. The zero-order valence-corrected chi connectivity index (χ0v) is 15.4. The van der Waals surface area contributed by atoms with Gasteiger partial charge in [0.15, 0.2) is 0 Å². The van der Waals surface area contributed by atoms with E-state index in [0.717, 1.165) is 0 Å². The molecular formula is C20H18N4O5. The second-order valence-corrected chi connectivity index (χ2v) is 6.55. The number of carbonyl (C=O) groups excluding carboxylic acids is 4. The second-order valence-electron chi connectivity index (χ2n) is 6.55. The highest BCUT2D eigenvalue weighted by atomic mass is 16.6. The summed E-state index contributed by atoms with van der Waals surface area (Å²) in [5.41, 5.74) is 4.39. The number of hydrazine groups is 1. The summed E-state index contributed by atoms with van der Waals surface area (Å²) in [6, 6.07) is 13.3. The molecule has 0 bridgehead atoms. The van der Waals surface area contributed by atoms with Gasteiger partial charge < -0.3 is 10.1 Å². The predicted molar refractivity (Wildman–Crippen MR) is 104 cm³/mol. The molecule has 0 aromatic heterocycles. The number of rotatable bonds is 4. The standard InChI is InChI=1S/C20H18N4O5/c25-17-9-10-18(26)24(22-17)14-7-5-13(6-8-14)19(27)21-15-3-1-2-4-16(15)23-11-12-29-20(23)28/h1-8H,9-12H2,(H,21,27)(H,22,25). The second kappa shape index (κ2) is 7.63. The molecule has 0 atom stereocenters. The Kier molecular flexibility index (Phi) is 4.86. The van der Waals surface area contributed by atoms with Crippen LogP contribution in [0.25, 0.3) is 0 Å². The molecule has 2 heterocycles. The largest absolute Gasteiger partial charge is 0.447 e. The molecule has 4 amide bonds. The maximum absolute atomic E-state index is 12.7. The fourth-order valence-corrected chi connectivity index (χ4v) is 3.17. The molecular weight excluding hydrogens is 376 g/mol. The first kappa shape index (κ1) is 18.5. The lowest BCUT2D eigenvalue weighted by Crippen LogP contribution is -2.50. The highest BCUT2D eigenvalue weighted by molar-refractivity contribution is 6.08. The minimum Gasteiger partial charge on any atom is -0.447 e. The van der Waals surface area contributed by atoms with Gasteiger partial charge in [-0.1, -0.05) is 12.1 Å². The van der Waals surface area contributed by atoms with Crippen LogP contribution in [0.1, 0.15) is 23.2 Å². The Morgan fingerprint density at radius 3 is 2.48 bits per heavy atom. The van der Waals surface area contributed by atoms with Crippen LogP contribution in [0, 0.1) is 0 Å². The van der Waals surface area contributed by atoms with Crippen LogP contribution in [0.3, 0.4) is 0 Å². The van der Waals surface area contributed by atoms with Crippen LogP contribution < -0.4 is 20.7 Å². The number of hydrogen-bond acceptors (Lipinski definition) is 5. The molecule has 2 aromatic carbocycles. The number of cyclic esters (lactones) is 1. The maximum atomic E-state index is 12.7. The summed E-state index contributed by atoms with van der Waals surface area (Å²) in [5, 5.41) is 3.98. The summed E-state index contributed by atoms with van der Waals surface area (Å²) in [7, 11) is 0. The number of nitrogens with one attached hydrogen (secondary N) is 2. The van der Waals surface area contributed by atoms with Crippen molar-refractivity contribution in [2.45, 2.75) is 12.8 Å². The predicted octanol–water partition coefficient (Wildman–Crippen LogP) is 2.05. The summed E-state index contributed by atoms with van der Waals surface area (Å²) in [5.74, 6) is -0.817. The van der Waals surface area contributed by atoms with Crippen molar-refractivity contribution >= 4 is 40.9 Å². The molecule has 2 N–H and O–H groups in total. The number of hydrogen-bond donors (Lipinski definition) is 2. The van der Waals surface area contributed by atoms with Gasteiger partial charge in [0.2, 0.25) is 11.8 Å². The first-order valence-electron chi connectivity index (χ1n) is 9.10. The van der Waals surface area contributed by atoms with Crippen molar-refractivity contribution in [1.82, 2.24) is 5.43 Å². The minimum atomic E-state index is -0.454. The van der Waals surface area contributed by atoms with Crippen LogP contribution in [-0.4, -0.2) is 37.0 Å². The molecule has 0 aliphatic carbocycles. The molecule has 0 spiro atoms. The smallest absolute Gasteiger partial charge is 0.414 e. The molecule has 148 valence electrons. The van der Waals surface area contributed by atoms with Crippen molar-refractivity contribution in [1.29, 1.82) is 0 Å². The molecule has 29 heavy (non-hydrogen) atoms. The first-order chi connectivity index (χ1) is 14.0. The van der Waals surface area contributed by atoms with Gasteiger partial charge in [-0.2, -0.15) is 0 Å². The summed E-state index contributed by atoms with van der Waals surface area (Å²) in [6.07, 6.45) is -0.145. The lowest BCUT2D eigenvalue weighted by Gasteiger charge is -2.27. The Labute approximate surface area is 166 Å². The summed E-state index contributed by atoms with van der Waals surface area (Å²) >= 11 is 0. The third-order valence-electron chi connectivity index (χ3n) is 4.64. The normalized spacial score (nSPS) is 16.5. The third kappa shape index (κ3) is 3.75.